The van der Waals surface area contributed by atoms with Gasteiger partial charge in [-0.1, -0.05) is 42.5 Å². The molecule has 2 aromatic rings. The molecule has 1 aliphatic heterocycles. The third-order valence-corrected chi connectivity index (χ3v) is 4.58. The summed E-state index contributed by atoms with van der Waals surface area (Å²) in [6.07, 6.45) is -0.311. The normalized spacial score (nSPS) is 16.0. The van der Waals surface area contributed by atoms with Crippen molar-refractivity contribution in [1.82, 2.24) is 14.9 Å². The van der Waals surface area contributed by atoms with Crippen molar-refractivity contribution in [2.24, 2.45) is 0 Å². The van der Waals surface area contributed by atoms with Gasteiger partial charge in [-0.25, -0.2) is 4.98 Å². The monoisotopic (exact) mass is 391 g/mol. The van der Waals surface area contributed by atoms with E-state index in [4.69, 9.17) is 0 Å². The van der Waals surface area contributed by atoms with Crippen LogP contribution in [-0.2, 0) is 6.18 Å². The SMILES string of the molecule is CN(C)c1cc(C(F)(F)F)nc(N2CCN(C/C=C/c3ccccc3)CC2)n1. The molecule has 0 saturated carbocycles. The Balaban J connectivity index is 1.63. The number of nitrogens with zero attached hydrogens (tertiary/aromatic N) is 5. The molecule has 0 amide bonds. The van der Waals surface area contributed by atoms with Crippen LogP contribution in [-0.4, -0.2) is 61.7 Å². The molecule has 28 heavy (non-hydrogen) atoms. The van der Waals surface area contributed by atoms with Gasteiger partial charge in [0.15, 0.2) is 5.69 Å². The summed E-state index contributed by atoms with van der Waals surface area (Å²) in [7, 11) is 3.34. The van der Waals surface area contributed by atoms with Crippen LogP contribution in [0.15, 0.2) is 42.5 Å². The summed E-state index contributed by atoms with van der Waals surface area (Å²) in [6.45, 7) is 3.47. The van der Waals surface area contributed by atoms with E-state index in [-0.39, 0.29) is 11.8 Å². The molecule has 0 aliphatic carbocycles. The third-order valence-electron chi connectivity index (χ3n) is 4.58. The number of hydrogen-bond acceptors (Lipinski definition) is 5. The predicted molar refractivity (Wildman–Crippen MR) is 105 cm³/mol. The molecular weight excluding hydrogens is 367 g/mol. The maximum Gasteiger partial charge on any atom is 0.433 e. The second-order valence-corrected chi connectivity index (χ2v) is 6.90. The van der Waals surface area contributed by atoms with Gasteiger partial charge in [-0.05, 0) is 5.56 Å². The Labute approximate surface area is 163 Å². The smallest absolute Gasteiger partial charge is 0.363 e. The lowest BCUT2D eigenvalue weighted by Gasteiger charge is -2.34. The van der Waals surface area contributed by atoms with Crippen LogP contribution in [0.1, 0.15) is 11.3 Å². The summed E-state index contributed by atoms with van der Waals surface area (Å²) in [5, 5.41) is 0. The Hall–Kier alpha value is -2.61. The lowest BCUT2D eigenvalue weighted by Crippen LogP contribution is -2.47. The number of halogens is 3. The van der Waals surface area contributed by atoms with E-state index in [0.29, 0.717) is 13.1 Å². The molecule has 0 spiro atoms. The molecule has 0 unspecified atom stereocenters. The van der Waals surface area contributed by atoms with E-state index in [1.807, 2.05) is 35.2 Å². The van der Waals surface area contributed by atoms with E-state index in [2.05, 4.69) is 27.0 Å². The molecule has 1 fully saturated rings. The van der Waals surface area contributed by atoms with Crippen molar-refractivity contribution >= 4 is 17.8 Å². The first-order chi connectivity index (χ1) is 13.3. The van der Waals surface area contributed by atoms with Gasteiger partial charge in [0.1, 0.15) is 5.82 Å². The quantitative estimate of drug-likeness (QED) is 0.781. The number of benzene rings is 1. The van der Waals surface area contributed by atoms with Crippen LogP contribution >= 0.6 is 0 Å². The Morgan fingerprint density at radius 1 is 1.04 bits per heavy atom. The minimum absolute atomic E-state index is 0.137. The Bertz CT molecular complexity index is 797. The van der Waals surface area contributed by atoms with Crippen molar-refractivity contribution in [2.45, 2.75) is 6.18 Å². The van der Waals surface area contributed by atoms with E-state index < -0.39 is 11.9 Å². The van der Waals surface area contributed by atoms with Crippen LogP contribution in [0.25, 0.3) is 6.08 Å². The fraction of sp³-hybridized carbons (Fsp3) is 0.400. The maximum absolute atomic E-state index is 13.2. The number of aromatic nitrogens is 2. The molecule has 2 heterocycles. The molecule has 0 bridgehead atoms. The second-order valence-electron chi connectivity index (χ2n) is 6.90. The van der Waals surface area contributed by atoms with Crippen LogP contribution < -0.4 is 9.80 Å². The highest BCUT2D eigenvalue weighted by Crippen LogP contribution is 2.31. The Morgan fingerprint density at radius 3 is 2.32 bits per heavy atom. The molecule has 1 aromatic heterocycles. The van der Waals surface area contributed by atoms with E-state index in [9.17, 15) is 13.2 Å². The average Bonchev–Trinajstić information content (AvgIpc) is 2.68. The van der Waals surface area contributed by atoms with E-state index in [1.54, 1.807) is 19.0 Å². The third kappa shape index (κ3) is 5.22. The van der Waals surface area contributed by atoms with Gasteiger partial charge in [0.25, 0.3) is 0 Å². The van der Waals surface area contributed by atoms with Crippen molar-refractivity contribution < 1.29 is 13.2 Å². The molecule has 1 aliphatic rings. The van der Waals surface area contributed by atoms with Crippen LogP contribution in [0.2, 0.25) is 0 Å². The lowest BCUT2D eigenvalue weighted by atomic mass is 10.2. The lowest BCUT2D eigenvalue weighted by molar-refractivity contribution is -0.141. The van der Waals surface area contributed by atoms with Gasteiger partial charge >= 0.3 is 6.18 Å². The number of anilines is 2. The average molecular weight is 391 g/mol. The van der Waals surface area contributed by atoms with Crippen LogP contribution in [0.3, 0.4) is 0 Å². The van der Waals surface area contributed by atoms with Gasteiger partial charge in [-0.15, -0.1) is 0 Å². The Kier molecular flexibility index (Phi) is 6.18. The minimum atomic E-state index is -4.49. The van der Waals surface area contributed by atoms with Crippen molar-refractivity contribution in [1.29, 1.82) is 0 Å². The predicted octanol–water partition coefficient (Wildman–Crippen LogP) is 3.40. The zero-order valence-corrected chi connectivity index (χ0v) is 16.0. The molecule has 0 atom stereocenters. The number of piperazine rings is 1. The highest BCUT2D eigenvalue weighted by molar-refractivity contribution is 5.49. The van der Waals surface area contributed by atoms with Crippen LogP contribution in [0.4, 0.5) is 24.9 Å². The summed E-state index contributed by atoms with van der Waals surface area (Å²) in [4.78, 5) is 13.7. The van der Waals surface area contributed by atoms with E-state index >= 15 is 0 Å². The maximum atomic E-state index is 13.2. The van der Waals surface area contributed by atoms with Crippen LogP contribution in [0.5, 0.6) is 0 Å². The summed E-state index contributed by atoms with van der Waals surface area (Å²) < 4.78 is 39.5. The van der Waals surface area contributed by atoms with Gasteiger partial charge in [-0.2, -0.15) is 18.2 Å². The molecular formula is C20H24F3N5. The molecule has 1 aromatic carbocycles. The summed E-state index contributed by atoms with van der Waals surface area (Å²) >= 11 is 0. The van der Waals surface area contributed by atoms with Gasteiger partial charge in [0.2, 0.25) is 5.95 Å². The molecule has 0 N–H and O–H groups in total. The van der Waals surface area contributed by atoms with Crippen LogP contribution in [0, 0.1) is 0 Å². The zero-order valence-electron chi connectivity index (χ0n) is 16.0. The van der Waals surface area contributed by atoms with Crippen molar-refractivity contribution in [2.75, 3.05) is 56.6 Å². The topological polar surface area (TPSA) is 35.5 Å². The first-order valence-corrected chi connectivity index (χ1v) is 9.15. The number of alkyl halides is 3. The van der Waals surface area contributed by atoms with Gasteiger partial charge in [-0.3, -0.25) is 4.90 Å². The molecule has 8 heteroatoms. The summed E-state index contributed by atoms with van der Waals surface area (Å²) in [5.74, 6) is 0.392. The van der Waals surface area contributed by atoms with Gasteiger partial charge in [0, 0.05) is 52.9 Å². The largest absolute Gasteiger partial charge is 0.433 e. The van der Waals surface area contributed by atoms with E-state index in [0.717, 1.165) is 31.3 Å². The highest BCUT2D eigenvalue weighted by Gasteiger charge is 2.34. The van der Waals surface area contributed by atoms with E-state index in [1.165, 1.54) is 0 Å². The fourth-order valence-corrected chi connectivity index (χ4v) is 2.97. The fourth-order valence-electron chi connectivity index (χ4n) is 2.97. The first kappa shape index (κ1) is 20.1. The molecule has 1 saturated heterocycles. The second kappa shape index (κ2) is 8.60. The molecule has 3 rings (SSSR count). The summed E-state index contributed by atoms with van der Waals surface area (Å²) in [5.41, 5.74) is 0.240. The zero-order chi connectivity index (χ0) is 20.1. The molecule has 0 radical (unpaired) electrons. The van der Waals surface area contributed by atoms with Crippen molar-refractivity contribution in [3.8, 4) is 0 Å². The Morgan fingerprint density at radius 2 is 1.71 bits per heavy atom. The molecule has 150 valence electrons. The van der Waals surface area contributed by atoms with Gasteiger partial charge < -0.3 is 9.80 Å². The first-order valence-electron chi connectivity index (χ1n) is 9.15. The van der Waals surface area contributed by atoms with Crippen molar-refractivity contribution in [3.05, 3.63) is 53.7 Å². The molecule has 5 nitrogen and oxygen atoms in total. The standard InChI is InChI=1S/C20H24F3N5/c1-26(2)18-15-17(20(21,22)23)24-19(25-18)28-13-11-27(12-14-28)10-6-9-16-7-4-3-5-8-16/h3-9,15H,10-14H2,1-2H3/b9-6+. The highest BCUT2D eigenvalue weighted by atomic mass is 19.4. The minimum Gasteiger partial charge on any atom is -0.363 e. The van der Waals surface area contributed by atoms with Gasteiger partial charge in [0.05, 0.1) is 0 Å². The number of rotatable bonds is 5. The number of hydrogen-bond donors (Lipinski definition) is 0. The van der Waals surface area contributed by atoms with Crippen molar-refractivity contribution in [3.63, 3.8) is 0 Å². The summed E-state index contributed by atoms with van der Waals surface area (Å²) in [6, 6.07) is 11.0.